The number of hydrogen-bond donors (Lipinski definition) is 3. The van der Waals surface area contributed by atoms with Crippen LogP contribution in [0.5, 0.6) is 0 Å². The molecule has 0 spiro atoms. The normalized spacial score (nSPS) is 10.0. The highest BCUT2D eigenvalue weighted by molar-refractivity contribution is 7.09. The molecule has 7 nitrogen and oxygen atoms in total. The lowest BCUT2D eigenvalue weighted by atomic mass is 10.4. The minimum absolute atomic E-state index is 0.173. The first-order valence-corrected chi connectivity index (χ1v) is 6.26. The molecular weight excluding hydrogens is 258 g/mol. The smallest absolute Gasteiger partial charge is 0.329 e. The summed E-state index contributed by atoms with van der Waals surface area (Å²) in [6.45, 7) is 0.602. The molecule has 100 valence electrons. The van der Waals surface area contributed by atoms with E-state index in [1.54, 1.807) is 17.5 Å². The van der Waals surface area contributed by atoms with Crippen molar-refractivity contribution < 1.29 is 19.4 Å². The Balaban J connectivity index is 1.95. The van der Waals surface area contributed by atoms with E-state index in [0.717, 1.165) is 5.01 Å². The third-order valence-corrected chi connectivity index (χ3v) is 2.70. The van der Waals surface area contributed by atoms with Crippen LogP contribution in [-0.4, -0.2) is 48.4 Å². The number of ether oxygens (including phenoxy) is 1. The highest BCUT2D eigenvalue weighted by Gasteiger charge is 2.01. The molecule has 1 aromatic heterocycles. The van der Waals surface area contributed by atoms with E-state index in [1.165, 1.54) is 0 Å². The number of nitrogens with one attached hydrogen (secondary N) is 2. The van der Waals surface area contributed by atoms with Crippen molar-refractivity contribution in [3.05, 3.63) is 16.6 Å². The predicted octanol–water partition coefficient (Wildman–Crippen LogP) is 0.0860. The van der Waals surface area contributed by atoms with E-state index in [2.05, 4.69) is 15.6 Å². The van der Waals surface area contributed by atoms with Crippen LogP contribution < -0.4 is 10.6 Å². The number of thiazole rings is 1. The van der Waals surface area contributed by atoms with Gasteiger partial charge in [-0.1, -0.05) is 0 Å². The topological polar surface area (TPSA) is 101 Å². The van der Waals surface area contributed by atoms with Crippen molar-refractivity contribution in [2.75, 3.05) is 26.3 Å². The fraction of sp³-hybridized carbons (Fsp3) is 0.500. The molecule has 8 heteroatoms. The van der Waals surface area contributed by atoms with E-state index in [0.29, 0.717) is 13.0 Å². The van der Waals surface area contributed by atoms with Gasteiger partial charge in [-0.2, -0.15) is 0 Å². The van der Waals surface area contributed by atoms with Gasteiger partial charge in [-0.15, -0.1) is 11.3 Å². The van der Waals surface area contributed by atoms with Gasteiger partial charge in [0.15, 0.2) is 0 Å². The predicted molar refractivity (Wildman–Crippen MR) is 65.7 cm³/mol. The van der Waals surface area contributed by atoms with Crippen LogP contribution in [0.2, 0.25) is 0 Å². The maximum absolute atomic E-state index is 11.3. The summed E-state index contributed by atoms with van der Waals surface area (Å²) < 4.78 is 4.76. The quantitative estimate of drug-likeness (QED) is 0.583. The van der Waals surface area contributed by atoms with E-state index in [4.69, 9.17) is 9.84 Å². The van der Waals surface area contributed by atoms with Crippen LogP contribution in [0.1, 0.15) is 5.01 Å². The molecule has 0 radical (unpaired) electrons. The Morgan fingerprint density at radius 3 is 2.83 bits per heavy atom. The fourth-order valence-corrected chi connectivity index (χ4v) is 1.74. The van der Waals surface area contributed by atoms with Gasteiger partial charge in [0.1, 0.15) is 6.61 Å². The highest BCUT2D eigenvalue weighted by Crippen LogP contribution is 2.03. The summed E-state index contributed by atoms with van der Waals surface area (Å²) in [6, 6.07) is -0.300. The Kier molecular flexibility index (Phi) is 6.74. The number of carbonyl (C=O) groups excluding carboxylic acids is 1. The Morgan fingerprint density at radius 1 is 1.39 bits per heavy atom. The van der Waals surface area contributed by atoms with E-state index in [9.17, 15) is 9.59 Å². The lowest BCUT2D eigenvalue weighted by Crippen LogP contribution is -2.38. The Hall–Kier alpha value is -1.67. The van der Waals surface area contributed by atoms with Gasteiger partial charge in [0.25, 0.3) is 0 Å². The summed E-state index contributed by atoms with van der Waals surface area (Å²) in [4.78, 5) is 25.5. The van der Waals surface area contributed by atoms with Gasteiger partial charge in [-0.25, -0.2) is 14.6 Å². The van der Waals surface area contributed by atoms with Crippen LogP contribution in [0, 0.1) is 0 Å². The van der Waals surface area contributed by atoms with Crippen molar-refractivity contribution in [2.24, 2.45) is 0 Å². The zero-order valence-corrected chi connectivity index (χ0v) is 10.5. The number of rotatable bonds is 8. The first kappa shape index (κ1) is 14.4. The molecule has 1 heterocycles. The molecule has 0 aliphatic heterocycles. The second-order valence-corrected chi connectivity index (χ2v) is 4.28. The first-order valence-electron chi connectivity index (χ1n) is 5.38. The number of aromatic nitrogens is 1. The largest absolute Gasteiger partial charge is 0.480 e. The molecule has 0 saturated carbocycles. The second-order valence-electron chi connectivity index (χ2n) is 3.30. The Labute approximate surface area is 108 Å². The monoisotopic (exact) mass is 273 g/mol. The van der Waals surface area contributed by atoms with E-state index < -0.39 is 5.97 Å². The molecule has 0 aromatic carbocycles. The SMILES string of the molecule is O=C(O)COCCNC(=O)NCCc1nccs1. The summed E-state index contributed by atoms with van der Waals surface area (Å²) in [5, 5.41) is 16.4. The van der Waals surface area contributed by atoms with Crippen molar-refractivity contribution >= 4 is 23.3 Å². The minimum atomic E-state index is -1.03. The summed E-state index contributed by atoms with van der Waals surface area (Å²) >= 11 is 1.54. The summed E-state index contributed by atoms with van der Waals surface area (Å²) in [5.41, 5.74) is 0. The lowest BCUT2D eigenvalue weighted by molar-refractivity contribution is -0.142. The standard InChI is InChI=1S/C10H15N3O4S/c14-9(15)7-17-5-3-13-10(16)12-2-1-8-11-4-6-18-8/h4,6H,1-3,5,7H2,(H,14,15)(H2,12,13,16). The number of amides is 2. The van der Waals surface area contributed by atoms with Crippen LogP contribution in [0.15, 0.2) is 11.6 Å². The summed E-state index contributed by atoms with van der Waals surface area (Å²) in [5.74, 6) is -1.03. The minimum Gasteiger partial charge on any atom is -0.480 e. The average Bonchev–Trinajstić information content (AvgIpc) is 2.81. The molecule has 2 amide bonds. The van der Waals surface area contributed by atoms with Crippen molar-refractivity contribution in [1.29, 1.82) is 0 Å². The molecule has 0 fully saturated rings. The molecule has 3 N–H and O–H groups in total. The molecule has 0 atom stereocenters. The highest BCUT2D eigenvalue weighted by atomic mass is 32.1. The number of nitrogens with zero attached hydrogens (tertiary/aromatic N) is 1. The van der Waals surface area contributed by atoms with E-state index >= 15 is 0 Å². The molecule has 0 aliphatic rings. The molecule has 0 bridgehead atoms. The molecule has 18 heavy (non-hydrogen) atoms. The zero-order chi connectivity index (χ0) is 13.2. The molecular formula is C10H15N3O4S. The maximum atomic E-state index is 11.3. The average molecular weight is 273 g/mol. The van der Waals surface area contributed by atoms with Crippen molar-refractivity contribution in [3.8, 4) is 0 Å². The number of carboxylic acids is 1. The van der Waals surface area contributed by atoms with Crippen LogP contribution in [-0.2, 0) is 16.0 Å². The van der Waals surface area contributed by atoms with Crippen LogP contribution >= 0.6 is 11.3 Å². The van der Waals surface area contributed by atoms with Gasteiger partial charge in [0.05, 0.1) is 11.6 Å². The van der Waals surface area contributed by atoms with Gasteiger partial charge in [-0.3, -0.25) is 0 Å². The summed E-state index contributed by atoms with van der Waals surface area (Å²) in [6.07, 6.45) is 2.42. The molecule has 0 unspecified atom stereocenters. The van der Waals surface area contributed by atoms with Crippen LogP contribution in [0.3, 0.4) is 0 Å². The fourth-order valence-electron chi connectivity index (χ4n) is 1.12. The molecule has 0 aliphatic carbocycles. The van der Waals surface area contributed by atoms with Crippen molar-refractivity contribution in [1.82, 2.24) is 15.6 Å². The number of hydrogen-bond acceptors (Lipinski definition) is 5. The van der Waals surface area contributed by atoms with Gasteiger partial charge >= 0.3 is 12.0 Å². The first-order chi connectivity index (χ1) is 8.68. The molecule has 1 aromatic rings. The van der Waals surface area contributed by atoms with Crippen LogP contribution in [0.25, 0.3) is 0 Å². The number of aliphatic carboxylic acids is 1. The summed E-state index contributed by atoms with van der Waals surface area (Å²) in [7, 11) is 0. The molecule has 0 saturated heterocycles. The molecule has 1 rings (SSSR count). The van der Waals surface area contributed by atoms with Gasteiger partial charge in [0, 0.05) is 31.1 Å². The van der Waals surface area contributed by atoms with Gasteiger partial charge in [-0.05, 0) is 0 Å². The van der Waals surface area contributed by atoms with Crippen molar-refractivity contribution in [3.63, 3.8) is 0 Å². The Bertz CT molecular complexity index is 369. The lowest BCUT2D eigenvalue weighted by Gasteiger charge is -2.06. The number of carboxylic acid groups (broad SMARTS) is 1. The third-order valence-electron chi connectivity index (χ3n) is 1.87. The number of carbonyl (C=O) groups is 2. The van der Waals surface area contributed by atoms with Crippen molar-refractivity contribution in [2.45, 2.75) is 6.42 Å². The van der Waals surface area contributed by atoms with Gasteiger partial charge < -0.3 is 20.5 Å². The van der Waals surface area contributed by atoms with E-state index in [1.807, 2.05) is 5.38 Å². The Morgan fingerprint density at radius 2 is 2.17 bits per heavy atom. The zero-order valence-electron chi connectivity index (χ0n) is 9.72. The maximum Gasteiger partial charge on any atom is 0.329 e. The third kappa shape index (κ3) is 6.81. The van der Waals surface area contributed by atoms with Gasteiger partial charge in [0.2, 0.25) is 0 Å². The van der Waals surface area contributed by atoms with Crippen LogP contribution in [0.4, 0.5) is 4.79 Å². The second kappa shape index (κ2) is 8.43. The number of urea groups is 1. The van der Waals surface area contributed by atoms with E-state index in [-0.39, 0.29) is 25.8 Å².